The molecule has 156 valence electrons. The van der Waals surface area contributed by atoms with Crippen LogP contribution in [0.4, 0.5) is 0 Å². The van der Waals surface area contributed by atoms with Gasteiger partial charge in [0.15, 0.2) is 5.78 Å². The molecule has 4 heteroatoms. The van der Waals surface area contributed by atoms with Crippen LogP contribution in [0.1, 0.15) is 11.1 Å². The maximum Gasteiger partial charge on any atom is 0.178 e. The third-order valence-corrected chi connectivity index (χ3v) is 4.07. The van der Waals surface area contributed by atoms with Gasteiger partial charge in [-0.15, -0.1) is 0 Å². The van der Waals surface area contributed by atoms with E-state index in [4.69, 9.17) is 0 Å². The van der Waals surface area contributed by atoms with E-state index in [2.05, 4.69) is 9.97 Å². The number of carbonyl (C=O) groups is 1. The van der Waals surface area contributed by atoms with Gasteiger partial charge in [-0.1, -0.05) is 84.9 Å². The number of nitrogens with zero attached hydrogens (tertiary/aromatic N) is 2. The summed E-state index contributed by atoms with van der Waals surface area (Å²) in [5, 5.41) is 0. The molecule has 2 heterocycles. The van der Waals surface area contributed by atoms with Crippen molar-refractivity contribution in [2.75, 3.05) is 0 Å². The summed E-state index contributed by atoms with van der Waals surface area (Å²) in [5.41, 5.74) is 3.88. The van der Waals surface area contributed by atoms with Crippen molar-refractivity contribution in [3.05, 3.63) is 133 Å². The average Bonchev–Trinajstić information content (AvgIpc) is 2.84. The van der Waals surface area contributed by atoms with Gasteiger partial charge in [-0.2, -0.15) is 0 Å². The maximum absolute atomic E-state index is 11.6. The van der Waals surface area contributed by atoms with Crippen molar-refractivity contribution >= 4 is 17.9 Å². The van der Waals surface area contributed by atoms with Crippen LogP contribution in [0.5, 0.6) is 0 Å². The number of ketones is 1. The average molecular weight is 497 g/mol. The second-order valence-electron chi connectivity index (χ2n) is 6.32. The Labute approximate surface area is 196 Å². The summed E-state index contributed by atoms with van der Waals surface area (Å²) >= 11 is 0. The van der Waals surface area contributed by atoms with Gasteiger partial charge in [-0.25, -0.2) is 0 Å². The normalized spacial score (nSPS) is 10.2. The van der Waals surface area contributed by atoms with Crippen LogP contribution < -0.4 is 0 Å². The summed E-state index contributed by atoms with van der Waals surface area (Å²) in [6.07, 6.45) is 10.3. The van der Waals surface area contributed by atoms with Crippen LogP contribution in [0, 0.1) is 0 Å². The summed E-state index contributed by atoms with van der Waals surface area (Å²) in [5.74, 6) is -0.0114. The molecular weight excluding hydrogens is 475 g/mol. The van der Waals surface area contributed by atoms with E-state index in [1.165, 1.54) is 0 Å². The Kier molecular flexibility index (Phi) is 10.5. The van der Waals surface area contributed by atoms with Gasteiger partial charge in [-0.05, 0) is 47.5 Å². The predicted octanol–water partition coefficient (Wildman–Crippen LogP) is 6.12. The molecule has 3 nitrogen and oxygen atoms in total. The fraction of sp³-hybridized carbons (Fsp3) is 0. The van der Waals surface area contributed by atoms with E-state index in [9.17, 15) is 4.79 Å². The summed E-state index contributed by atoms with van der Waals surface area (Å²) in [4.78, 5) is 20.0. The fourth-order valence-corrected chi connectivity index (χ4v) is 2.57. The van der Waals surface area contributed by atoms with Crippen LogP contribution in [0.25, 0.3) is 23.5 Å². The van der Waals surface area contributed by atoms with Gasteiger partial charge in [0.25, 0.3) is 0 Å². The zero-order valence-electron chi connectivity index (χ0n) is 16.8. The Balaban J connectivity index is 0.000000229. The molecule has 31 heavy (non-hydrogen) atoms. The number of hydrogen-bond acceptors (Lipinski definition) is 3. The molecule has 0 saturated heterocycles. The minimum Gasteiger partial charge on any atom is -0.290 e. The number of aromatic nitrogens is 2. The molecule has 0 aliphatic rings. The van der Waals surface area contributed by atoms with Gasteiger partial charge in [0.05, 0.1) is 11.4 Å². The molecule has 2 aromatic heterocycles. The van der Waals surface area contributed by atoms with Crippen molar-refractivity contribution in [2.24, 2.45) is 0 Å². The summed E-state index contributed by atoms with van der Waals surface area (Å²) in [7, 11) is 0. The molecule has 0 unspecified atom stereocenters. The SMILES string of the molecule is O=C(C=Cc1ccccc1)C=Cc1ccccc1.[Pd].c1ccc(-c2ccccn2)nc1. The molecular formula is C27H22N2OPd. The first kappa shape index (κ1) is 23.8. The quantitative estimate of drug-likeness (QED) is 0.247. The van der Waals surface area contributed by atoms with E-state index >= 15 is 0 Å². The van der Waals surface area contributed by atoms with Crippen LogP contribution in [0.15, 0.2) is 122 Å². The van der Waals surface area contributed by atoms with Gasteiger partial charge in [0, 0.05) is 32.8 Å². The molecule has 0 aliphatic carbocycles. The van der Waals surface area contributed by atoms with E-state index < -0.39 is 0 Å². The van der Waals surface area contributed by atoms with Crippen molar-refractivity contribution < 1.29 is 25.2 Å². The van der Waals surface area contributed by atoms with Crippen molar-refractivity contribution in [2.45, 2.75) is 0 Å². The third kappa shape index (κ3) is 8.84. The zero-order chi connectivity index (χ0) is 20.9. The van der Waals surface area contributed by atoms with Gasteiger partial charge < -0.3 is 0 Å². The van der Waals surface area contributed by atoms with E-state index in [1.807, 2.05) is 109 Å². The first-order valence-electron chi connectivity index (χ1n) is 9.64. The molecule has 4 rings (SSSR count). The topological polar surface area (TPSA) is 42.9 Å². The van der Waals surface area contributed by atoms with Gasteiger partial charge in [0.2, 0.25) is 0 Å². The molecule has 0 aliphatic heterocycles. The second kappa shape index (κ2) is 13.7. The fourth-order valence-electron chi connectivity index (χ4n) is 2.57. The third-order valence-electron chi connectivity index (χ3n) is 4.07. The van der Waals surface area contributed by atoms with Crippen LogP contribution in [0.2, 0.25) is 0 Å². The Morgan fingerprint density at radius 1 is 0.548 bits per heavy atom. The molecule has 0 fully saturated rings. The van der Waals surface area contributed by atoms with Crippen LogP contribution in [0.3, 0.4) is 0 Å². The zero-order valence-corrected chi connectivity index (χ0v) is 18.4. The molecule has 0 amide bonds. The number of allylic oxidation sites excluding steroid dienone is 2. The van der Waals surface area contributed by atoms with E-state index in [0.717, 1.165) is 22.5 Å². The van der Waals surface area contributed by atoms with E-state index in [-0.39, 0.29) is 26.2 Å². The summed E-state index contributed by atoms with van der Waals surface area (Å²) < 4.78 is 0. The molecule has 0 bridgehead atoms. The largest absolute Gasteiger partial charge is 0.290 e. The molecule has 2 aromatic carbocycles. The molecule has 0 spiro atoms. The Bertz CT molecular complexity index is 992. The monoisotopic (exact) mass is 496 g/mol. The molecule has 4 aromatic rings. The first-order valence-corrected chi connectivity index (χ1v) is 9.64. The second-order valence-corrected chi connectivity index (χ2v) is 6.32. The van der Waals surface area contributed by atoms with E-state index in [1.54, 1.807) is 24.5 Å². The Morgan fingerprint density at radius 3 is 1.29 bits per heavy atom. The Hall–Kier alpha value is -3.45. The number of pyridine rings is 2. The standard InChI is InChI=1S/C17H14O.C10H8N2.Pd/c18-17(13-11-15-7-3-1-4-8-15)14-12-16-9-5-2-6-10-16;1-3-7-11-9(5-1)10-6-2-4-8-12-10;/h1-14H;1-8H;. The smallest absolute Gasteiger partial charge is 0.178 e. The van der Waals surface area contributed by atoms with Crippen molar-refractivity contribution in [1.29, 1.82) is 0 Å². The maximum atomic E-state index is 11.6. The van der Waals surface area contributed by atoms with Gasteiger partial charge in [-0.3, -0.25) is 14.8 Å². The Morgan fingerprint density at radius 2 is 0.935 bits per heavy atom. The molecule has 0 N–H and O–H groups in total. The number of carbonyl (C=O) groups excluding carboxylic acids is 1. The first-order chi connectivity index (χ1) is 14.8. The van der Waals surface area contributed by atoms with Crippen molar-refractivity contribution in [3.63, 3.8) is 0 Å². The number of hydrogen-bond donors (Lipinski definition) is 0. The van der Waals surface area contributed by atoms with Crippen molar-refractivity contribution in [3.8, 4) is 11.4 Å². The minimum atomic E-state index is -0.0114. The van der Waals surface area contributed by atoms with Gasteiger partial charge in [0.1, 0.15) is 0 Å². The van der Waals surface area contributed by atoms with Crippen molar-refractivity contribution in [1.82, 2.24) is 9.97 Å². The summed E-state index contributed by atoms with van der Waals surface area (Å²) in [6.45, 7) is 0. The van der Waals surface area contributed by atoms with Crippen LogP contribution in [-0.4, -0.2) is 15.8 Å². The number of benzene rings is 2. The molecule has 0 saturated carbocycles. The minimum absolute atomic E-state index is 0. The number of rotatable bonds is 5. The molecule has 0 radical (unpaired) electrons. The van der Waals surface area contributed by atoms with E-state index in [0.29, 0.717) is 0 Å². The van der Waals surface area contributed by atoms with Crippen LogP contribution in [-0.2, 0) is 25.2 Å². The summed E-state index contributed by atoms with van der Waals surface area (Å²) in [6, 6.07) is 31.1. The predicted molar refractivity (Wildman–Crippen MR) is 123 cm³/mol. The molecule has 0 atom stereocenters. The van der Waals surface area contributed by atoms with Crippen LogP contribution >= 0.6 is 0 Å². The van der Waals surface area contributed by atoms with Gasteiger partial charge >= 0.3 is 0 Å².